The summed E-state index contributed by atoms with van der Waals surface area (Å²) in [6.45, 7) is 14.8. The maximum Gasteiger partial charge on any atom is 0.408 e. The van der Waals surface area contributed by atoms with Crippen LogP contribution >= 0.6 is 0 Å². The number of hydrogen-bond donors (Lipinski definition) is 2. The number of unbranched alkanes of at least 4 members (excludes halogenated alkanes) is 1. The molecule has 286 valence electrons. The van der Waals surface area contributed by atoms with Crippen molar-refractivity contribution >= 4 is 40.7 Å². The molecular weight excluding hydrogens is 654 g/mol. The smallest absolute Gasteiger partial charge is 0.408 e. The quantitative estimate of drug-likeness (QED) is 0.211. The molecule has 4 amide bonds. The molecule has 5 atom stereocenters. The summed E-state index contributed by atoms with van der Waals surface area (Å²) < 4.78 is 11.9. The first-order chi connectivity index (χ1) is 23.8. The molecule has 51 heavy (non-hydrogen) atoms. The van der Waals surface area contributed by atoms with Crippen molar-refractivity contribution in [3.63, 3.8) is 0 Å². The van der Waals surface area contributed by atoms with E-state index in [1.807, 2.05) is 45.0 Å². The van der Waals surface area contributed by atoms with Crippen LogP contribution in [0.3, 0.4) is 0 Å². The number of alkyl carbamates (subject to hydrolysis) is 1. The average molecular weight is 716 g/mol. The number of carbonyl (C=O) groups excluding carboxylic acids is 5. The number of ether oxygens (including phenoxy) is 2. The van der Waals surface area contributed by atoms with E-state index in [1.54, 1.807) is 38.6 Å². The molecule has 13 nitrogen and oxygen atoms in total. The average Bonchev–Trinajstić information content (AvgIpc) is 3.43. The summed E-state index contributed by atoms with van der Waals surface area (Å²) in [5.74, 6) is -1.97. The second kappa shape index (κ2) is 19.4. The normalized spacial score (nSPS) is 14.5. The standard InChI is InChI=1S/C38H61N5O8/c1-13-14-17-25(4)21-30(34(45)41(9)26(5)36(47)49-11)39-33(44)32(22-27-23-43(50-12)31-19-16-15-18-28(27)31)42(10)35(46)29(20-24(2)3)40-37(48)51-38(6,7)8/h15-16,18-19,23-26,29-30,32H,13-14,17,20-22H2,1-12H3,(H,39,44)(H,40,48)/t25-,26+,29+,30+,32+/m1/s1. The Labute approximate surface area is 303 Å². The van der Waals surface area contributed by atoms with Gasteiger partial charge in [-0.1, -0.05) is 65.2 Å². The van der Waals surface area contributed by atoms with E-state index < -0.39 is 59.6 Å². The molecule has 0 aliphatic carbocycles. The van der Waals surface area contributed by atoms with Crippen LogP contribution in [0.5, 0.6) is 0 Å². The summed E-state index contributed by atoms with van der Waals surface area (Å²) in [5, 5.41) is 6.52. The number of hydrogen-bond acceptors (Lipinski definition) is 8. The summed E-state index contributed by atoms with van der Waals surface area (Å²) in [7, 11) is 5.83. The molecule has 2 N–H and O–H groups in total. The predicted octanol–water partition coefficient (Wildman–Crippen LogP) is 4.73. The number of likely N-dealkylation sites (N-methyl/N-ethyl adjacent to an activating group) is 2. The topological polar surface area (TPSA) is 149 Å². The van der Waals surface area contributed by atoms with Crippen molar-refractivity contribution < 1.29 is 38.3 Å². The van der Waals surface area contributed by atoms with Crippen molar-refractivity contribution in [2.24, 2.45) is 11.8 Å². The first-order valence-electron chi connectivity index (χ1n) is 17.9. The van der Waals surface area contributed by atoms with Crippen LogP contribution in [0.4, 0.5) is 4.79 Å². The largest absolute Gasteiger partial charge is 0.467 e. The highest BCUT2D eigenvalue weighted by atomic mass is 16.6. The number of fused-ring (bicyclic) bond motifs is 1. The van der Waals surface area contributed by atoms with Crippen molar-refractivity contribution in [2.75, 3.05) is 28.3 Å². The lowest BCUT2D eigenvalue weighted by Gasteiger charge is -2.34. The van der Waals surface area contributed by atoms with Crippen molar-refractivity contribution in [1.82, 2.24) is 25.2 Å². The van der Waals surface area contributed by atoms with Gasteiger partial charge in [0.1, 0.15) is 36.9 Å². The number of methoxy groups -OCH3 is 1. The molecule has 0 saturated carbocycles. The molecule has 2 rings (SSSR count). The number of carbonyl (C=O) groups is 5. The number of aromatic nitrogens is 1. The molecule has 0 spiro atoms. The van der Waals surface area contributed by atoms with Gasteiger partial charge in [0.05, 0.1) is 12.6 Å². The van der Waals surface area contributed by atoms with Crippen LogP contribution in [0.2, 0.25) is 0 Å². The SMILES string of the molecule is CCCC[C@@H](C)C[C@H](NC(=O)[C@H](Cc1cn(OC)c2ccccc12)N(C)C(=O)[C@H](CC(C)C)NC(=O)OC(C)(C)C)C(=O)N(C)[C@@H](C)C(=O)OC. The third kappa shape index (κ3) is 12.5. The molecule has 2 aromatic rings. The van der Waals surface area contributed by atoms with Crippen molar-refractivity contribution in [1.29, 1.82) is 0 Å². The van der Waals surface area contributed by atoms with E-state index in [0.29, 0.717) is 12.8 Å². The van der Waals surface area contributed by atoms with Gasteiger partial charge in [0.15, 0.2) is 0 Å². The van der Waals surface area contributed by atoms with Gasteiger partial charge in [0, 0.05) is 32.1 Å². The predicted molar refractivity (Wildman–Crippen MR) is 197 cm³/mol. The van der Waals surface area contributed by atoms with Crippen LogP contribution < -0.4 is 15.5 Å². The molecular formula is C38H61N5O8. The Balaban J connectivity index is 2.61. The van der Waals surface area contributed by atoms with Gasteiger partial charge in [0.25, 0.3) is 0 Å². The Bertz CT molecular complexity index is 1480. The van der Waals surface area contributed by atoms with Crippen LogP contribution in [-0.4, -0.2) is 102 Å². The fraction of sp³-hybridized carbons (Fsp3) is 0.658. The van der Waals surface area contributed by atoms with Gasteiger partial charge in [-0.2, -0.15) is 4.73 Å². The maximum absolute atomic E-state index is 14.5. The molecule has 0 unspecified atom stereocenters. The first kappa shape index (κ1) is 42.9. The Kier molecular flexibility index (Phi) is 16.3. The van der Waals surface area contributed by atoms with E-state index >= 15 is 0 Å². The molecule has 1 aromatic carbocycles. The number of para-hydroxylation sites is 1. The highest BCUT2D eigenvalue weighted by molar-refractivity contribution is 5.95. The van der Waals surface area contributed by atoms with E-state index in [1.165, 1.54) is 38.1 Å². The van der Waals surface area contributed by atoms with E-state index in [2.05, 4.69) is 17.6 Å². The van der Waals surface area contributed by atoms with Crippen LogP contribution in [0.15, 0.2) is 30.5 Å². The molecule has 0 radical (unpaired) electrons. The minimum Gasteiger partial charge on any atom is -0.467 e. The molecule has 1 heterocycles. The number of nitrogens with one attached hydrogen (secondary N) is 2. The summed E-state index contributed by atoms with van der Waals surface area (Å²) in [5.41, 5.74) is 0.736. The third-order valence-electron chi connectivity index (χ3n) is 8.96. The minimum absolute atomic E-state index is 0.0215. The first-order valence-corrected chi connectivity index (χ1v) is 17.9. The minimum atomic E-state index is -1.10. The Hall–Kier alpha value is -4.29. The summed E-state index contributed by atoms with van der Waals surface area (Å²) in [6, 6.07) is 3.59. The summed E-state index contributed by atoms with van der Waals surface area (Å²) in [4.78, 5) is 76.2. The number of rotatable bonds is 18. The van der Waals surface area contributed by atoms with Gasteiger partial charge < -0.3 is 34.7 Å². The van der Waals surface area contributed by atoms with Gasteiger partial charge in [-0.15, -0.1) is 0 Å². The third-order valence-corrected chi connectivity index (χ3v) is 8.96. The number of nitrogens with zero attached hydrogens (tertiary/aromatic N) is 3. The van der Waals surface area contributed by atoms with Crippen LogP contribution in [-0.2, 0) is 35.1 Å². The lowest BCUT2D eigenvalue weighted by molar-refractivity contribution is -0.152. The zero-order chi connectivity index (χ0) is 38.6. The maximum atomic E-state index is 14.5. The van der Waals surface area contributed by atoms with Crippen LogP contribution in [0, 0.1) is 11.8 Å². The Morgan fingerprint density at radius 3 is 2.06 bits per heavy atom. The van der Waals surface area contributed by atoms with Gasteiger partial charge in [0.2, 0.25) is 17.7 Å². The van der Waals surface area contributed by atoms with Gasteiger partial charge in [-0.25, -0.2) is 9.59 Å². The lowest BCUT2D eigenvalue weighted by Crippen LogP contribution is -2.59. The zero-order valence-electron chi connectivity index (χ0n) is 32.7. The zero-order valence-corrected chi connectivity index (χ0v) is 32.7. The monoisotopic (exact) mass is 715 g/mol. The number of amides is 4. The fourth-order valence-corrected chi connectivity index (χ4v) is 6.02. The van der Waals surface area contributed by atoms with E-state index in [9.17, 15) is 24.0 Å². The van der Waals surface area contributed by atoms with E-state index in [4.69, 9.17) is 14.3 Å². The van der Waals surface area contributed by atoms with Gasteiger partial charge in [-0.3, -0.25) is 14.4 Å². The van der Waals surface area contributed by atoms with E-state index in [0.717, 1.165) is 35.7 Å². The van der Waals surface area contributed by atoms with Crippen LogP contribution in [0.1, 0.15) is 93.1 Å². The van der Waals surface area contributed by atoms with Crippen molar-refractivity contribution in [2.45, 2.75) is 124 Å². The van der Waals surface area contributed by atoms with E-state index in [-0.39, 0.29) is 18.3 Å². The van der Waals surface area contributed by atoms with Crippen molar-refractivity contribution in [3.05, 3.63) is 36.0 Å². The molecule has 0 fully saturated rings. The molecule has 0 saturated heterocycles. The lowest BCUT2D eigenvalue weighted by atomic mass is 9.94. The molecule has 0 bridgehead atoms. The second-order valence-corrected chi connectivity index (χ2v) is 14.9. The fourth-order valence-electron chi connectivity index (χ4n) is 6.02. The highest BCUT2D eigenvalue weighted by Gasteiger charge is 2.37. The second-order valence-electron chi connectivity index (χ2n) is 14.9. The summed E-state index contributed by atoms with van der Waals surface area (Å²) >= 11 is 0. The number of benzene rings is 1. The molecule has 1 aromatic heterocycles. The van der Waals surface area contributed by atoms with Crippen molar-refractivity contribution in [3.8, 4) is 0 Å². The number of esters is 1. The Morgan fingerprint density at radius 1 is 0.882 bits per heavy atom. The van der Waals surface area contributed by atoms with Gasteiger partial charge in [-0.05, 0) is 64.0 Å². The molecule has 0 aliphatic heterocycles. The molecule has 13 heteroatoms. The molecule has 0 aliphatic rings. The van der Waals surface area contributed by atoms with Gasteiger partial charge >= 0.3 is 12.1 Å². The summed E-state index contributed by atoms with van der Waals surface area (Å²) in [6.07, 6.45) is 4.51. The Morgan fingerprint density at radius 2 is 1.49 bits per heavy atom. The highest BCUT2D eigenvalue weighted by Crippen LogP contribution is 2.24. The van der Waals surface area contributed by atoms with Crippen LogP contribution in [0.25, 0.3) is 10.9 Å².